The Bertz CT molecular complexity index is 495. The third-order valence-corrected chi connectivity index (χ3v) is 3.20. The molecule has 0 aromatic heterocycles. The first-order valence-corrected chi connectivity index (χ1v) is 6.87. The maximum atomic E-state index is 11.6. The van der Waals surface area contributed by atoms with E-state index in [1.165, 1.54) is 0 Å². The summed E-state index contributed by atoms with van der Waals surface area (Å²) in [5.74, 6) is -0.883. The van der Waals surface area contributed by atoms with Gasteiger partial charge in [0.1, 0.15) is 0 Å². The molecule has 1 aromatic rings. The minimum absolute atomic E-state index is 0.0238. The van der Waals surface area contributed by atoms with Crippen LogP contribution in [0, 0.1) is 0 Å². The minimum atomic E-state index is -0.883. The van der Waals surface area contributed by atoms with E-state index in [0.717, 1.165) is 5.56 Å². The lowest BCUT2D eigenvalue weighted by Crippen LogP contribution is -2.37. The lowest BCUT2D eigenvalue weighted by Gasteiger charge is -2.16. The summed E-state index contributed by atoms with van der Waals surface area (Å²) in [6.07, 6.45) is 0.408. The van der Waals surface area contributed by atoms with Crippen molar-refractivity contribution >= 4 is 35.2 Å². The number of nitrogens with one attached hydrogen (secondary N) is 2. The molecule has 1 aromatic carbocycles. The third kappa shape index (κ3) is 5.67. The predicted octanol–water partition coefficient (Wildman–Crippen LogP) is 3.22. The number of hydrogen-bond acceptors (Lipinski definition) is 2. The van der Waals surface area contributed by atoms with Gasteiger partial charge in [-0.1, -0.05) is 23.2 Å². The largest absolute Gasteiger partial charge is 0.481 e. The van der Waals surface area contributed by atoms with Crippen molar-refractivity contribution in [2.75, 3.05) is 6.54 Å². The summed E-state index contributed by atoms with van der Waals surface area (Å²) < 4.78 is 0. The number of carbonyl (C=O) groups is 2. The summed E-state index contributed by atoms with van der Waals surface area (Å²) in [6, 6.07) is 4.35. The van der Waals surface area contributed by atoms with Gasteiger partial charge in [-0.05, 0) is 37.1 Å². The van der Waals surface area contributed by atoms with Crippen LogP contribution >= 0.6 is 23.2 Å². The maximum absolute atomic E-state index is 11.6. The fourth-order valence-corrected chi connectivity index (χ4v) is 2.08. The Morgan fingerprint density at radius 3 is 2.70 bits per heavy atom. The quantitative estimate of drug-likeness (QED) is 0.705. The molecule has 2 amide bonds. The van der Waals surface area contributed by atoms with Gasteiger partial charge in [0.05, 0.1) is 6.04 Å². The highest BCUT2D eigenvalue weighted by molar-refractivity contribution is 6.33. The lowest BCUT2D eigenvalue weighted by molar-refractivity contribution is -0.137. The Hall–Kier alpha value is -1.46. The number of aliphatic carboxylic acids is 1. The van der Waals surface area contributed by atoms with Gasteiger partial charge in [0.2, 0.25) is 0 Å². The highest BCUT2D eigenvalue weighted by Crippen LogP contribution is 2.25. The fourth-order valence-electron chi connectivity index (χ4n) is 1.61. The number of urea groups is 1. The molecule has 7 heteroatoms. The topological polar surface area (TPSA) is 78.4 Å². The van der Waals surface area contributed by atoms with Crippen LogP contribution in [0.5, 0.6) is 0 Å². The lowest BCUT2D eigenvalue weighted by atomic mass is 10.1. The van der Waals surface area contributed by atoms with Gasteiger partial charge in [0.25, 0.3) is 0 Å². The molecule has 0 aliphatic carbocycles. The molecular formula is C13H16Cl2N2O3. The molecule has 1 rings (SSSR count). The van der Waals surface area contributed by atoms with E-state index in [9.17, 15) is 9.59 Å². The molecule has 0 saturated heterocycles. The van der Waals surface area contributed by atoms with Gasteiger partial charge >= 0.3 is 12.0 Å². The van der Waals surface area contributed by atoms with Gasteiger partial charge in [-0.25, -0.2) is 4.79 Å². The number of carboxylic acid groups (broad SMARTS) is 1. The second-order valence-electron chi connectivity index (χ2n) is 4.29. The first-order chi connectivity index (χ1) is 9.40. The van der Waals surface area contributed by atoms with E-state index in [2.05, 4.69) is 10.6 Å². The number of amides is 2. The summed E-state index contributed by atoms with van der Waals surface area (Å²) in [6.45, 7) is 2.09. The Morgan fingerprint density at radius 2 is 2.05 bits per heavy atom. The van der Waals surface area contributed by atoms with Gasteiger partial charge in [0, 0.05) is 23.0 Å². The van der Waals surface area contributed by atoms with Crippen LogP contribution in [0.1, 0.15) is 31.4 Å². The zero-order valence-electron chi connectivity index (χ0n) is 11.0. The zero-order chi connectivity index (χ0) is 15.1. The van der Waals surface area contributed by atoms with E-state index in [-0.39, 0.29) is 18.5 Å². The number of carbonyl (C=O) groups excluding carboxylic acids is 1. The second kappa shape index (κ2) is 7.97. The van der Waals surface area contributed by atoms with Crippen molar-refractivity contribution in [1.82, 2.24) is 10.6 Å². The SMILES string of the molecule is CC(NC(=O)NCCCC(=O)O)c1cc(Cl)ccc1Cl. The highest BCUT2D eigenvalue weighted by atomic mass is 35.5. The Balaban J connectivity index is 2.45. The molecule has 0 bridgehead atoms. The maximum Gasteiger partial charge on any atom is 0.315 e. The van der Waals surface area contributed by atoms with Crippen molar-refractivity contribution in [3.63, 3.8) is 0 Å². The van der Waals surface area contributed by atoms with Gasteiger partial charge in [-0.15, -0.1) is 0 Å². The molecule has 0 spiro atoms. The molecule has 1 unspecified atom stereocenters. The monoisotopic (exact) mass is 318 g/mol. The summed E-state index contributed by atoms with van der Waals surface area (Å²) >= 11 is 11.9. The average molecular weight is 319 g/mol. The van der Waals surface area contributed by atoms with Crippen LogP contribution < -0.4 is 10.6 Å². The number of carboxylic acids is 1. The molecule has 0 fully saturated rings. The Morgan fingerprint density at radius 1 is 1.35 bits per heavy atom. The summed E-state index contributed by atoms with van der Waals surface area (Å²) in [5, 5.41) is 14.8. The van der Waals surface area contributed by atoms with Crippen molar-refractivity contribution < 1.29 is 14.7 Å². The van der Waals surface area contributed by atoms with Gasteiger partial charge in [0.15, 0.2) is 0 Å². The highest BCUT2D eigenvalue weighted by Gasteiger charge is 2.12. The zero-order valence-corrected chi connectivity index (χ0v) is 12.5. The summed E-state index contributed by atoms with van der Waals surface area (Å²) in [7, 11) is 0. The second-order valence-corrected chi connectivity index (χ2v) is 5.13. The van der Waals surface area contributed by atoms with E-state index < -0.39 is 5.97 Å². The smallest absolute Gasteiger partial charge is 0.315 e. The van der Waals surface area contributed by atoms with Gasteiger partial charge in [-0.3, -0.25) is 4.79 Å². The molecule has 0 heterocycles. The van der Waals surface area contributed by atoms with Crippen molar-refractivity contribution in [1.29, 1.82) is 0 Å². The van der Waals surface area contributed by atoms with Crippen LogP contribution in [0.15, 0.2) is 18.2 Å². The summed E-state index contributed by atoms with van der Waals surface area (Å²) in [5.41, 5.74) is 0.722. The van der Waals surface area contributed by atoms with Crippen LogP contribution in [0.25, 0.3) is 0 Å². The van der Waals surface area contributed by atoms with Crippen LogP contribution in [0.3, 0.4) is 0 Å². The van der Waals surface area contributed by atoms with Gasteiger partial charge in [-0.2, -0.15) is 0 Å². The van der Waals surface area contributed by atoms with Crippen LogP contribution in [0.4, 0.5) is 4.79 Å². The van der Waals surface area contributed by atoms with E-state index in [4.69, 9.17) is 28.3 Å². The number of hydrogen-bond donors (Lipinski definition) is 3. The molecule has 0 saturated carbocycles. The molecule has 0 radical (unpaired) electrons. The molecule has 3 N–H and O–H groups in total. The van der Waals surface area contributed by atoms with Crippen LogP contribution in [-0.2, 0) is 4.79 Å². The first kappa shape index (κ1) is 16.6. The minimum Gasteiger partial charge on any atom is -0.481 e. The summed E-state index contributed by atoms with van der Waals surface area (Å²) in [4.78, 5) is 21.9. The Labute approximate surface area is 127 Å². The van der Waals surface area contributed by atoms with Crippen molar-refractivity contribution in [2.24, 2.45) is 0 Å². The molecule has 0 aliphatic heterocycles. The normalized spacial score (nSPS) is 11.8. The third-order valence-electron chi connectivity index (χ3n) is 2.63. The molecule has 110 valence electrons. The Kier molecular flexibility index (Phi) is 6.61. The fraction of sp³-hybridized carbons (Fsp3) is 0.385. The van der Waals surface area contributed by atoms with Crippen molar-refractivity contribution in [2.45, 2.75) is 25.8 Å². The molecule has 1 atom stereocenters. The molecule has 5 nitrogen and oxygen atoms in total. The molecular weight excluding hydrogens is 303 g/mol. The van der Waals surface area contributed by atoms with Crippen molar-refractivity contribution in [3.8, 4) is 0 Å². The van der Waals surface area contributed by atoms with Crippen molar-refractivity contribution in [3.05, 3.63) is 33.8 Å². The standard InChI is InChI=1S/C13H16Cl2N2O3/c1-8(10-7-9(14)4-5-11(10)15)17-13(20)16-6-2-3-12(18)19/h4-5,7-8H,2-3,6H2,1H3,(H,18,19)(H2,16,17,20). The average Bonchev–Trinajstić information content (AvgIpc) is 2.37. The molecule has 20 heavy (non-hydrogen) atoms. The van der Waals surface area contributed by atoms with Gasteiger partial charge < -0.3 is 15.7 Å². The van der Waals surface area contributed by atoms with E-state index >= 15 is 0 Å². The number of benzene rings is 1. The van der Waals surface area contributed by atoms with Crippen LogP contribution in [-0.4, -0.2) is 23.7 Å². The van der Waals surface area contributed by atoms with E-state index in [1.807, 2.05) is 0 Å². The molecule has 0 aliphatic rings. The number of halogens is 2. The van der Waals surface area contributed by atoms with E-state index in [1.54, 1.807) is 25.1 Å². The van der Waals surface area contributed by atoms with E-state index in [0.29, 0.717) is 23.0 Å². The first-order valence-electron chi connectivity index (χ1n) is 6.11. The predicted molar refractivity (Wildman–Crippen MR) is 78.3 cm³/mol. The number of rotatable bonds is 6. The van der Waals surface area contributed by atoms with Crippen LogP contribution in [0.2, 0.25) is 10.0 Å².